The molecule has 0 saturated carbocycles. The first-order chi connectivity index (χ1) is 17.2. The predicted molar refractivity (Wildman–Crippen MR) is 135 cm³/mol. The Balaban J connectivity index is 1.92. The zero-order valence-electron chi connectivity index (χ0n) is 22.3. The topological polar surface area (TPSA) is 96.4 Å². The first-order valence-corrected chi connectivity index (χ1v) is 13.7. The van der Waals surface area contributed by atoms with E-state index in [1.54, 1.807) is 4.90 Å². The van der Waals surface area contributed by atoms with E-state index in [0.29, 0.717) is 19.4 Å². The molecule has 8 heteroatoms. The average Bonchev–Trinajstić information content (AvgIpc) is 3.20. The van der Waals surface area contributed by atoms with Crippen LogP contribution in [0, 0.1) is 17.8 Å². The van der Waals surface area contributed by atoms with Crippen LogP contribution in [-0.4, -0.2) is 81.8 Å². The lowest BCUT2D eigenvalue weighted by Crippen LogP contribution is -2.60. The van der Waals surface area contributed by atoms with E-state index in [-0.39, 0.29) is 37.0 Å². The Labute approximate surface area is 214 Å². The van der Waals surface area contributed by atoms with Crippen LogP contribution in [0.5, 0.6) is 0 Å². The van der Waals surface area contributed by atoms with Gasteiger partial charge >= 0.3 is 5.97 Å². The molecule has 2 saturated heterocycles. The van der Waals surface area contributed by atoms with E-state index in [2.05, 4.69) is 6.92 Å². The number of likely N-dealkylation sites (tertiary alicyclic amines) is 1. The fourth-order valence-corrected chi connectivity index (χ4v) is 6.83. The standard InChI is InChI=1S/C28H42N2O6/c1-6-12-19(5)29-15-11-14-28-21(22-26(34)35-16-10-9-13-27(22,8-3)36-28)24(32)30(23(28)25(29)33)20(17-31)18(4)7-2/h9,11,13-14,18-23,31H,6-8,10,12,15-17H2,1-5H3/t18-,19?,20-,21-,22-,23?,27+,28-/m0/s1. The molecule has 0 bridgehead atoms. The van der Waals surface area contributed by atoms with Crippen molar-refractivity contribution in [3.8, 4) is 0 Å². The van der Waals surface area contributed by atoms with Gasteiger partial charge in [-0.1, -0.05) is 64.8 Å². The quantitative estimate of drug-likeness (QED) is 0.405. The molecule has 4 aliphatic heterocycles. The monoisotopic (exact) mass is 502 g/mol. The van der Waals surface area contributed by atoms with E-state index < -0.39 is 41.1 Å². The second-order valence-corrected chi connectivity index (χ2v) is 10.9. The summed E-state index contributed by atoms with van der Waals surface area (Å²) >= 11 is 0. The smallest absolute Gasteiger partial charge is 0.313 e. The van der Waals surface area contributed by atoms with Gasteiger partial charge in [0.25, 0.3) is 0 Å². The van der Waals surface area contributed by atoms with Gasteiger partial charge < -0.3 is 24.4 Å². The molecule has 2 amide bonds. The van der Waals surface area contributed by atoms with Crippen LogP contribution in [0.3, 0.4) is 0 Å². The highest BCUT2D eigenvalue weighted by molar-refractivity contribution is 5.99. The molecular weight excluding hydrogens is 460 g/mol. The number of fused-ring (bicyclic) bond motifs is 2. The summed E-state index contributed by atoms with van der Waals surface area (Å²) in [5.74, 6) is -2.77. The molecule has 0 aromatic rings. The van der Waals surface area contributed by atoms with Gasteiger partial charge in [-0.05, 0) is 32.1 Å². The highest BCUT2D eigenvalue weighted by Gasteiger charge is 2.76. The summed E-state index contributed by atoms with van der Waals surface area (Å²) in [4.78, 5) is 45.6. The van der Waals surface area contributed by atoms with Gasteiger partial charge in [0.2, 0.25) is 11.8 Å². The van der Waals surface area contributed by atoms with Crippen LogP contribution in [0.4, 0.5) is 0 Å². The van der Waals surface area contributed by atoms with Crippen molar-refractivity contribution in [3.05, 3.63) is 24.3 Å². The molecule has 4 rings (SSSR count). The van der Waals surface area contributed by atoms with Crippen molar-refractivity contribution in [2.45, 2.75) is 96.1 Å². The fraction of sp³-hybridized carbons (Fsp3) is 0.750. The number of aliphatic hydroxyl groups excluding tert-OH is 1. The van der Waals surface area contributed by atoms with Crippen LogP contribution in [-0.2, 0) is 23.9 Å². The van der Waals surface area contributed by atoms with Crippen molar-refractivity contribution in [2.75, 3.05) is 19.8 Å². The number of nitrogens with zero attached hydrogens (tertiary/aromatic N) is 2. The number of amides is 2. The fourth-order valence-electron chi connectivity index (χ4n) is 6.83. The molecule has 2 fully saturated rings. The Morgan fingerprint density at radius 1 is 1.08 bits per heavy atom. The summed E-state index contributed by atoms with van der Waals surface area (Å²) in [6, 6.07) is -1.54. The first-order valence-electron chi connectivity index (χ1n) is 13.7. The van der Waals surface area contributed by atoms with Crippen LogP contribution in [0.1, 0.15) is 66.7 Å². The maximum absolute atomic E-state index is 14.4. The number of aliphatic hydroxyl groups is 1. The number of carbonyl (C=O) groups is 3. The van der Waals surface area contributed by atoms with Gasteiger partial charge in [0, 0.05) is 12.6 Å². The van der Waals surface area contributed by atoms with Crippen LogP contribution in [0.15, 0.2) is 24.3 Å². The van der Waals surface area contributed by atoms with Gasteiger partial charge in [-0.15, -0.1) is 0 Å². The Morgan fingerprint density at radius 3 is 2.47 bits per heavy atom. The molecule has 0 radical (unpaired) electrons. The Kier molecular flexibility index (Phi) is 7.68. The van der Waals surface area contributed by atoms with E-state index in [9.17, 15) is 19.5 Å². The Bertz CT molecular complexity index is 933. The number of carbonyl (C=O) groups excluding carboxylic acids is 3. The minimum absolute atomic E-state index is 0.0189. The van der Waals surface area contributed by atoms with Crippen LogP contribution in [0.25, 0.3) is 0 Å². The SMILES string of the molecule is CCCC(C)N1CC=C[C@]23O[C@]4(CC)C=CCCOC(=O)[C@@H]4[C@H]2C(=O)N([C@@H](CO)[C@@H](C)CC)C3C1=O. The third kappa shape index (κ3) is 3.92. The summed E-state index contributed by atoms with van der Waals surface area (Å²) in [7, 11) is 0. The highest BCUT2D eigenvalue weighted by atomic mass is 16.6. The summed E-state index contributed by atoms with van der Waals surface area (Å²) < 4.78 is 12.5. The van der Waals surface area contributed by atoms with Crippen LogP contribution < -0.4 is 0 Å². The van der Waals surface area contributed by atoms with Crippen LogP contribution in [0.2, 0.25) is 0 Å². The Morgan fingerprint density at radius 2 is 1.83 bits per heavy atom. The minimum atomic E-state index is -1.32. The molecule has 0 aromatic heterocycles. The molecule has 4 aliphatic rings. The second kappa shape index (κ2) is 10.3. The predicted octanol–water partition coefficient (Wildman–Crippen LogP) is 2.84. The molecule has 0 aliphatic carbocycles. The number of hydrogen-bond acceptors (Lipinski definition) is 6. The summed E-state index contributed by atoms with van der Waals surface area (Å²) in [6.45, 7) is 10.4. The van der Waals surface area contributed by atoms with Gasteiger partial charge in [-0.25, -0.2) is 0 Å². The largest absolute Gasteiger partial charge is 0.465 e. The van der Waals surface area contributed by atoms with Crippen molar-refractivity contribution < 1.29 is 29.0 Å². The van der Waals surface area contributed by atoms with Crippen molar-refractivity contribution in [1.29, 1.82) is 0 Å². The molecule has 8 atom stereocenters. The summed E-state index contributed by atoms with van der Waals surface area (Å²) in [5.41, 5.74) is -2.35. The van der Waals surface area contributed by atoms with Gasteiger partial charge in [0.1, 0.15) is 23.2 Å². The van der Waals surface area contributed by atoms with E-state index in [1.807, 2.05) is 56.9 Å². The molecule has 200 valence electrons. The normalized spacial score (nSPS) is 36.4. The zero-order chi connectivity index (χ0) is 26.3. The van der Waals surface area contributed by atoms with E-state index in [4.69, 9.17) is 9.47 Å². The minimum Gasteiger partial charge on any atom is -0.465 e. The molecule has 2 unspecified atom stereocenters. The number of cyclic esters (lactones) is 1. The molecule has 4 heterocycles. The lowest BCUT2D eigenvalue weighted by molar-refractivity contribution is -0.164. The lowest BCUT2D eigenvalue weighted by Gasteiger charge is -2.43. The number of esters is 1. The summed E-state index contributed by atoms with van der Waals surface area (Å²) in [6.07, 6.45) is 11.2. The maximum atomic E-state index is 14.4. The molecule has 36 heavy (non-hydrogen) atoms. The molecule has 1 spiro atoms. The number of rotatable bonds is 8. The molecule has 8 nitrogen and oxygen atoms in total. The molecule has 1 N–H and O–H groups in total. The van der Waals surface area contributed by atoms with E-state index in [1.165, 1.54) is 0 Å². The Hall–Kier alpha value is -2.19. The highest BCUT2D eigenvalue weighted by Crippen LogP contribution is 2.59. The molecule has 0 aromatic carbocycles. The lowest BCUT2D eigenvalue weighted by atomic mass is 9.73. The number of hydrogen-bond donors (Lipinski definition) is 1. The van der Waals surface area contributed by atoms with Gasteiger partial charge in [-0.3, -0.25) is 14.4 Å². The van der Waals surface area contributed by atoms with Gasteiger partial charge in [-0.2, -0.15) is 0 Å². The first kappa shape index (κ1) is 26.9. The van der Waals surface area contributed by atoms with E-state index >= 15 is 0 Å². The summed E-state index contributed by atoms with van der Waals surface area (Å²) in [5, 5.41) is 10.5. The maximum Gasteiger partial charge on any atom is 0.313 e. The van der Waals surface area contributed by atoms with Crippen LogP contribution >= 0.6 is 0 Å². The van der Waals surface area contributed by atoms with Crippen molar-refractivity contribution in [3.63, 3.8) is 0 Å². The molecular formula is C28H42N2O6. The van der Waals surface area contributed by atoms with Crippen molar-refractivity contribution >= 4 is 17.8 Å². The zero-order valence-corrected chi connectivity index (χ0v) is 22.3. The van der Waals surface area contributed by atoms with E-state index in [0.717, 1.165) is 19.3 Å². The van der Waals surface area contributed by atoms with Gasteiger partial charge in [0.05, 0.1) is 25.2 Å². The van der Waals surface area contributed by atoms with Crippen molar-refractivity contribution in [1.82, 2.24) is 9.80 Å². The van der Waals surface area contributed by atoms with Crippen molar-refractivity contribution in [2.24, 2.45) is 17.8 Å². The van der Waals surface area contributed by atoms with Gasteiger partial charge in [0.15, 0.2) is 0 Å². The third-order valence-corrected chi connectivity index (χ3v) is 8.96. The average molecular weight is 503 g/mol. The second-order valence-electron chi connectivity index (χ2n) is 10.9. The third-order valence-electron chi connectivity index (χ3n) is 8.96. The number of ether oxygens (including phenoxy) is 2.